The number of aromatic nitrogens is 1. The van der Waals surface area contributed by atoms with Gasteiger partial charge in [-0.3, -0.25) is 4.79 Å². The highest BCUT2D eigenvalue weighted by molar-refractivity contribution is 14.0. The molecule has 1 N–H and O–H groups in total. The first-order valence-electron chi connectivity index (χ1n) is 11.2. The Kier molecular flexibility index (Phi) is 9.19. The molecule has 0 atom stereocenters. The summed E-state index contributed by atoms with van der Waals surface area (Å²) in [6, 6.07) is 7.41. The van der Waals surface area contributed by atoms with E-state index in [1.54, 1.807) is 18.3 Å². The molecule has 2 aliphatic rings. The maximum Gasteiger partial charge on any atom is 0.289 e. The second-order valence-corrected chi connectivity index (χ2v) is 7.92. The van der Waals surface area contributed by atoms with Crippen LogP contribution in [0, 0.1) is 0 Å². The summed E-state index contributed by atoms with van der Waals surface area (Å²) < 4.78 is 11.4. The number of piperazine rings is 1. The van der Waals surface area contributed by atoms with Crippen LogP contribution in [0.3, 0.4) is 0 Å². The third kappa shape index (κ3) is 6.14. The second-order valence-electron chi connectivity index (χ2n) is 7.92. The van der Waals surface area contributed by atoms with E-state index in [-0.39, 0.29) is 36.0 Å². The van der Waals surface area contributed by atoms with Gasteiger partial charge in [0, 0.05) is 44.5 Å². The van der Waals surface area contributed by atoms with Gasteiger partial charge in [0.1, 0.15) is 6.10 Å². The molecule has 0 unspecified atom stereocenters. The third-order valence-corrected chi connectivity index (χ3v) is 5.76. The number of hydrogen-bond acceptors (Lipinski definition) is 5. The van der Waals surface area contributed by atoms with E-state index in [4.69, 9.17) is 14.1 Å². The van der Waals surface area contributed by atoms with Gasteiger partial charge in [0.2, 0.25) is 5.88 Å². The number of guanidine groups is 1. The van der Waals surface area contributed by atoms with E-state index in [1.165, 1.54) is 19.1 Å². The number of hydrogen-bond donors (Lipinski definition) is 1. The van der Waals surface area contributed by atoms with Crippen LogP contribution in [-0.2, 0) is 6.54 Å². The first-order chi connectivity index (χ1) is 15.2. The minimum Gasteiger partial charge on any atom is -0.474 e. The Morgan fingerprint density at radius 2 is 1.94 bits per heavy atom. The van der Waals surface area contributed by atoms with Gasteiger partial charge in [0.15, 0.2) is 11.7 Å². The minimum absolute atomic E-state index is 0. The topological polar surface area (TPSA) is 83.2 Å². The highest BCUT2D eigenvalue weighted by atomic mass is 127. The van der Waals surface area contributed by atoms with E-state index in [1.807, 2.05) is 17.0 Å². The molecule has 32 heavy (non-hydrogen) atoms. The van der Waals surface area contributed by atoms with Crippen molar-refractivity contribution in [2.75, 3.05) is 32.7 Å². The summed E-state index contributed by atoms with van der Waals surface area (Å²) in [5, 5.41) is 3.38. The summed E-state index contributed by atoms with van der Waals surface area (Å²) in [5.41, 5.74) is 0.997. The Morgan fingerprint density at radius 3 is 2.62 bits per heavy atom. The van der Waals surface area contributed by atoms with Crippen molar-refractivity contribution in [1.82, 2.24) is 20.1 Å². The highest BCUT2D eigenvalue weighted by Crippen LogP contribution is 2.25. The van der Waals surface area contributed by atoms with E-state index < -0.39 is 0 Å². The standard InChI is InChI=1S/C23H31N5O3.HI/c1-2-24-23(28-14-12-27(13-15-28)22(29)20-10-6-16-30-20)26-17-18-7-5-11-25-21(18)31-19-8-3-4-9-19;/h5-7,10-11,16,19H,2-4,8-9,12-15,17H2,1H3,(H,24,26);1H. The number of nitrogens with one attached hydrogen (secondary N) is 1. The van der Waals surface area contributed by atoms with Crippen molar-refractivity contribution in [2.24, 2.45) is 4.99 Å². The predicted molar refractivity (Wildman–Crippen MR) is 134 cm³/mol. The summed E-state index contributed by atoms with van der Waals surface area (Å²) in [5.74, 6) is 1.88. The number of nitrogens with zero attached hydrogens (tertiary/aromatic N) is 4. The average Bonchev–Trinajstić information content (AvgIpc) is 3.52. The van der Waals surface area contributed by atoms with Crippen LogP contribution in [0.25, 0.3) is 0 Å². The van der Waals surface area contributed by atoms with Gasteiger partial charge < -0.3 is 24.3 Å². The highest BCUT2D eigenvalue weighted by Gasteiger charge is 2.25. The Morgan fingerprint density at radius 1 is 1.19 bits per heavy atom. The summed E-state index contributed by atoms with van der Waals surface area (Å²) in [6.07, 6.45) is 8.23. The van der Waals surface area contributed by atoms with Crippen molar-refractivity contribution in [3.63, 3.8) is 0 Å². The van der Waals surface area contributed by atoms with Gasteiger partial charge in [-0.1, -0.05) is 6.07 Å². The number of amides is 1. The zero-order valence-corrected chi connectivity index (χ0v) is 20.9. The van der Waals surface area contributed by atoms with E-state index in [0.717, 1.165) is 44.0 Å². The molecule has 0 radical (unpaired) electrons. The average molecular weight is 553 g/mol. The first-order valence-corrected chi connectivity index (χ1v) is 11.2. The number of pyridine rings is 1. The normalized spacial score (nSPS) is 17.2. The summed E-state index contributed by atoms with van der Waals surface area (Å²) in [7, 11) is 0. The molecular weight excluding hydrogens is 521 g/mol. The van der Waals surface area contributed by atoms with Gasteiger partial charge in [-0.05, 0) is 50.8 Å². The summed E-state index contributed by atoms with van der Waals surface area (Å²) >= 11 is 0. The molecule has 9 heteroatoms. The molecule has 2 fully saturated rings. The lowest BCUT2D eigenvalue weighted by Crippen LogP contribution is -2.53. The second kappa shape index (κ2) is 12.1. The number of carbonyl (C=O) groups is 1. The van der Waals surface area contributed by atoms with Gasteiger partial charge >= 0.3 is 0 Å². The molecule has 1 amide bonds. The van der Waals surface area contributed by atoms with E-state index in [9.17, 15) is 4.79 Å². The molecule has 1 saturated carbocycles. The number of aliphatic imine (C=N–C) groups is 1. The smallest absolute Gasteiger partial charge is 0.289 e. The largest absolute Gasteiger partial charge is 0.474 e. The third-order valence-electron chi connectivity index (χ3n) is 5.76. The van der Waals surface area contributed by atoms with Gasteiger partial charge in [-0.2, -0.15) is 0 Å². The number of ether oxygens (including phenoxy) is 1. The first kappa shape index (κ1) is 24.3. The van der Waals surface area contributed by atoms with Crippen molar-refractivity contribution in [3.05, 3.63) is 48.0 Å². The summed E-state index contributed by atoms with van der Waals surface area (Å²) in [4.78, 5) is 25.8. The van der Waals surface area contributed by atoms with Crippen LogP contribution in [0.15, 0.2) is 46.1 Å². The minimum atomic E-state index is -0.0596. The molecule has 8 nitrogen and oxygen atoms in total. The Labute approximate surface area is 206 Å². The zero-order valence-electron chi connectivity index (χ0n) is 18.5. The van der Waals surface area contributed by atoms with Gasteiger partial charge in [0.25, 0.3) is 5.91 Å². The molecule has 4 rings (SSSR count). The van der Waals surface area contributed by atoms with E-state index in [0.29, 0.717) is 31.3 Å². The Hall–Kier alpha value is -2.30. The fraction of sp³-hybridized carbons (Fsp3) is 0.522. The number of halogens is 1. The molecule has 3 heterocycles. The molecule has 2 aromatic heterocycles. The molecule has 1 aliphatic carbocycles. The number of rotatable bonds is 6. The van der Waals surface area contributed by atoms with Crippen LogP contribution >= 0.6 is 24.0 Å². The lowest BCUT2D eigenvalue weighted by Gasteiger charge is -2.36. The summed E-state index contributed by atoms with van der Waals surface area (Å²) in [6.45, 7) is 6.05. The Bertz CT molecular complexity index is 876. The van der Waals surface area contributed by atoms with Crippen molar-refractivity contribution in [2.45, 2.75) is 45.3 Å². The molecule has 2 aromatic rings. The molecular formula is C23H32IN5O3. The van der Waals surface area contributed by atoms with Crippen molar-refractivity contribution in [3.8, 4) is 5.88 Å². The van der Waals surface area contributed by atoms with Crippen LogP contribution < -0.4 is 10.1 Å². The van der Waals surface area contributed by atoms with Gasteiger partial charge in [-0.15, -0.1) is 24.0 Å². The number of carbonyl (C=O) groups excluding carboxylic acids is 1. The van der Waals surface area contributed by atoms with E-state index >= 15 is 0 Å². The predicted octanol–water partition coefficient (Wildman–Crippen LogP) is 3.54. The maximum absolute atomic E-state index is 12.5. The molecule has 1 saturated heterocycles. The van der Waals surface area contributed by atoms with Crippen molar-refractivity contribution in [1.29, 1.82) is 0 Å². The van der Waals surface area contributed by atoms with Crippen LogP contribution in [0.5, 0.6) is 5.88 Å². The van der Waals surface area contributed by atoms with Crippen molar-refractivity contribution >= 4 is 35.8 Å². The molecule has 0 spiro atoms. The van der Waals surface area contributed by atoms with E-state index in [2.05, 4.69) is 22.1 Å². The van der Waals surface area contributed by atoms with Gasteiger partial charge in [-0.25, -0.2) is 9.98 Å². The Balaban J connectivity index is 0.00000289. The lowest BCUT2D eigenvalue weighted by atomic mass is 10.2. The maximum atomic E-state index is 12.5. The van der Waals surface area contributed by atoms with Crippen LogP contribution in [0.1, 0.15) is 48.7 Å². The molecule has 174 valence electrons. The fourth-order valence-electron chi connectivity index (χ4n) is 4.08. The monoisotopic (exact) mass is 553 g/mol. The van der Waals surface area contributed by atoms with Crippen molar-refractivity contribution < 1.29 is 13.9 Å². The zero-order chi connectivity index (χ0) is 21.5. The fourth-order valence-corrected chi connectivity index (χ4v) is 4.08. The van der Waals surface area contributed by atoms with Crippen LogP contribution in [0.2, 0.25) is 0 Å². The van der Waals surface area contributed by atoms with Crippen LogP contribution in [-0.4, -0.2) is 65.5 Å². The lowest BCUT2D eigenvalue weighted by molar-refractivity contribution is 0.0657. The quantitative estimate of drug-likeness (QED) is 0.335. The molecule has 0 bridgehead atoms. The van der Waals surface area contributed by atoms with Crippen LogP contribution in [0.4, 0.5) is 0 Å². The molecule has 1 aliphatic heterocycles. The number of furan rings is 1. The molecule has 0 aromatic carbocycles. The SMILES string of the molecule is CCNC(=NCc1cccnc1OC1CCCC1)N1CCN(C(=O)c2ccco2)CC1.I. The van der Waals surface area contributed by atoms with Gasteiger partial charge in [0.05, 0.1) is 12.8 Å².